The summed E-state index contributed by atoms with van der Waals surface area (Å²) in [6, 6.07) is 10.2. The lowest BCUT2D eigenvalue weighted by molar-refractivity contribution is 0.118. The largest absolute Gasteiger partial charge is 0.377 e. The molecule has 0 fully saturated rings. The Balaban J connectivity index is 2.16. The van der Waals surface area contributed by atoms with E-state index < -0.39 is 0 Å². The van der Waals surface area contributed by atoms with Crippen molar-refractivity contribution in [1.82, 2.24) is 0 Å². The Morgan fingerprint density at radius 2 is 1.94 bits per heavy atom. The van der Waals surface area contributed by atoms with Gasteiger partial charge in [0.1, 0.15) is 0 Å². The highest BCUT2D eigenvalue weighted by atomic mass is 16.5. The van der Waals surface area contributed by atoms with E-state index in [2.05, 4.69) is 25.0 Å². The van der Waals surface area contributed by atoms with Crippen molar-refractivity contribution in [2.24, 2.45) is 0 Å². The second-order valence-electron chi connectivity index (χ2n) is 4.19. The van der Waals surface area contributed by atoms with Gasteiger partial charge in [-0.2, -0.15) is 0 Å². The molecule has 0 bridgehead atoms. The Morgan fingerprint density at radius 3 is 2.59 bits per heavy atom. The molecule has 17 heavy (non-hydrogen) atoms. The van der Waals surface area contributed by atoms with Crippen LogP contribution in [0.5, 0.6) is 0 Å². The number of hydrogen-bond acceptors (Lipinski definition) is 1. The summed E-state index contributed by atoms with van der Waals surface area (Å²) >= 11 is 0. The van der Waals surface area contributed by atoms with Crippen LogP contribution in [0.25, 0.3) is 0 Å². The maximum Gasteiger partial charge on any atom is 0.0716 e. The van der Waals surface area contributed by atoms with Crippen molar-refractivity contribution in [2.45, 2.75) is 33.3 Å². The first-order chi connectivity index (χ1) is 8.24. The molecule has 0 radical (unpaired) electrons. The molecule has 90 valence electrons. The molecule has 0 saturated heterocycles. The molecular formula is C16H20O. The molecule has 0 N–H and O–H groups in total. The average molecular weight is 228 g/mol. The normalized spacial score (nSPS) is 11.8. The Morgan fingerprint density at radius 1 is 1.24 bits per heavy atom. The summed E-state index contributed by atoms with van der Waals surface area (Å²) in [6.07, 6.45) is 7.38. The van der Waals surface area contributed by atoms with Gasteiger partial charge in [0.25, 0.3) is 0 Å². The number of hydrogen-bond donors (Lipinski definition) is 0. The predicted molar refractivity (Wildman–Crippen MR) is 72.5 cm³/mol. The fourth-order valence-corrected chi connectivity index (χ4v) is 1.51. The van der Waals surface area contributed by atoms with E-state index in [0.717, 1.165) is 25.0 Å². The van der Waals surface area contributed by atoms with E-state index in [0.29, 0.717) is 6.61 Å². The quantitative estimate of drug-likeness (QED) is 0.529. The first-order valence-electron chi connectivity index (χ1n) is 5.98. The molecule has 0 aliphatic carbocycles. The van der Waals surface area contributed by atoms with Gasteiger partial charge in [0, 0.05) is 6.61 Å². The molecule has 1 nitrogen and oxygen atoms in total. The maximum atomic E-state index is 5.61. The monoisotopic (exact) mass is 228 g/mol. The number of ether oxygens (including phenoxy) is 1. The lowest BCUT2D eigenvalue weighted by Gasteiger charge is -2.05. The summed E-state index contributed by atoms with van der Waals surface area (Å²) in [5.74, 6) is 2.67. The summed E-state index contributed by atoms with van der Waals surface area (Å²) in [5, 5.41) is 0. The van der Waals surface area contributed by atoms with Crippen LogP contribution < -0.4 is 0 Å². The zero-order valence-corrected chi connectivity index (χ0v) is 10.7. The minimum atomic E-state index is 0.692. The van der Waals surface area contributed by atoms with E-state index in [1.54, 1.807) is 0 Å². The van der Waals surface area contributed by atoms with Gasteiger partial charge >= 0.3 is 0 Å². The molecular weight excluding hydrogens is 208 g/mol. The van der Waals surface area contributed by atoms with Crippen LogP contribution in [-0.4, -0.2) is 6.61 Å². The summed E-state index contributed by atoms with van der Waals surface area (Å²) in [5.41, 5.74) is 3.56. The van der Waals surface area contributed by atoms with E-state index >= 15 is 0 Å². The first-order valence-corrected chi connectivity index (χ1v) is 5.98. The number of terminal acetylenes is 1. The maximum absolute atomic E-state index is 5.61. The van der Waals surface area contributed by atoms with E-state index in [1.165, 1.54) is 11.1 Å². The Hall–Kier alpha value is -1.52. The van der Waals surface area contributed by atoms with E-state index in [-0.39, 0.29) is 0 Å². The Labute approximate surface area is 105 Å². The molecule has 0 atom stereocenters. The van der Waals surface area contributed by atoms with Gasteiger partial charge in [0.2, 0.25) is 0 Å². The van der Waals surface area contributed by atoms with Crippen molar-refractivity contribution in [2.75, 3.05) is 6.61 Å². The van der Waals surface area contributed by atoms with Crippen molar-refractivity contribution < 1.29 is 4.74 Å². The molecule has 1 heteroatoms. The van der Waals surface area contributed by atoms with Crippen molar-refractivity contribution >= 4 is 0 Å². The molecule has 0 aliphatic heterocycles. The van der Waals surface area contributed by atoms with E-state index in [1.807, 2.05) is 25.1 Å². The van der Waals surface area contributed by atoms with Gasteiger partial charge < -0.3 is 4.74 Å². The third kappa shape index (κ3) is 5.38. The molecule has 1 aromatic carbocycles. The molecule has 0 saturated carbocycles. The van der Waals surface area contributed by atoms with Crippen LogP contribution in [0, 0.1) is 12.3 Å². The van der Waals surface area contributed by atoms with Crippen LogP contribution in [0.4, 0.5) is 0 Å². The van der Waals surface area contributed by atoms with Crippen molar-refractivity contribution in [3.05, 3.63) is 47.0 Å². The van der Waals surface area contributed by atoms with Gasteiger partial charge in [-0.05, 0) is 37.8 Å². The smallest absolute Gasteiger partial charge is 0.0716 e. The summed E-state index contributed by atoms with van der Waals surface area (Å²) in [6.45, 7) is 5.55. The van der Waals surface area contributed by atoms with Crippen molar-refractivity contribution in [1.29, 1.82) is 0 Å². The summed E-state index contributed by atoms with van der Waals surface area (Å²) < 4.78 is 5.61. The number of allylic oxidation sites excluding steroid dienone is 2. The molecule has 1 aromatic rings. The molecule has 0 spiro atoms. The van der Waals surface area contributed by atoms with Crippen LogP contribution in [0.15, 0.2) is 41.5 Å². The van der Waals surface area contributed by atoms with Gasteiger partial charge in [0.15, 0.2) is 0 Å². The predicted octanol–water partition coefficient (Wildman–Crippen LogP) is 3.95. The molecule has 0 heterocycles. The minimum absolute atomic E-state index is 0.692. The van der Waals surface area contributed by atoms with Gasteiger partial charge in [-0.15, -0.1) is 6.42 Å². The minimum Gasteiger partial charge on any atom is -0.377 e. The second kappa shape index (κ2) is 7.70. The first kappa shape index (κ1) is 13.5. The van der Waals surface area contributed by atoms with Crippen LogP contribution in [-0.2, 0) is 11.3 Å². The SMILES string of the molecule is C#CC(C)=C(C)CCCOCc1ccccc1. The van der Waals surface area contributed by atoms with Crippen LogP contribution in [0.1, 0.15) is 32.3 Å². The molecule has 1 rings (SSSR count). The van der Waals surface area contributed by atoms with E-state index in [9.17, 15) is 0 Å². The number of rotatable bonds is 6. The fraction of sp³-hybridized carbons (Fsp3) is 0.375. The fourth-order valence-electron chi connectivity index (χ4n) is 1.51. The van der Waals surface area contributed by atoms with Crippen LogP contribution in [0.3, 0.4) is 0 Å². The third-order valence-corrected chi connectivity index (χ3v) is 2.81. The second-order valence-corrected chi connectivity index (χ2v) is 4.19. The van der Waals surface area contributed by atoms with Crippen molar-refractivity contribution in [3.63, 3.8) is 0 Å². The Bertz CT molecular complexity index is 395. The molecule has 0 amide bonds. The van der Waals surface area contributed by atoms with Crippen molar-refractivity contribution in [3.8, 4) is 12.3 Å². The standard InChI is InChI=1S/C16H20O/c1-4-14(2)15(3)9-8-12-17-13-16-10-6-5-7-11-16/h1,5-7,10-11H,8-9,12-13H2,2-3H3. The van der Waals surface area contributed by atoms with Gasteiger partial charge in [-0.25, -0.2) is 0 Å². The highest BCUT2D eigenvalue weighted by Gasteiger charge is 1.96. The zero-order chi connectivity index (χ0) is 12.5. The molecule has 0 aliphatic rings. The van der Waals surface area contributed by atoms with Gasteiger partial charge in [-0.3, -0.25) is 0 Å². The zero-order valence-electron chi connectivity index (χ0n) is 10.7. The highest BCUT2D eigenvalue weighted by molar-refractivity contribution is 5.27. The highest BCUT2D eigenvalue weighted by Crippen LogP contribution is 2.10. The van der Waals surface area contributed by atoms with Gasteiger partial charge in [-0.1, -0.05) is 41.8 Å². The molecule has 0 unspecified atom stereocenters. The van der Waals surface area contributed by atoms with Crippen LogP contribution in [0.2, 0.25) is 0 Å². The Kier molecular flexibility index (Phi) is 6.14. The van der Waals surface area contributed by atoms with Crippen LogP contribution >= 0.6 is 0 Å². The lowest BCUT2D eigenvalue weighted by atomic mass is 10.1. The lowest BCUT2D eigenvalue weighted by Crippen LogP contribution is -1.96. The number of benzene rings is 1. The summed E-state index contributed by atoms with van der Waals surface area (Å²) in [4.78, 5) is 0. The molecule has 0 aromatic heterocycles. The average Bonchev–Trinajstić information content (AvgIpc) is 2.38. The van der Waals surface area contributed by atoms with E-state index in [4.69, 9.17) is 11.2 Å². The topological polar surface area (TPSA) is 9.23 Å². The van der Waals surface area contributed by atoms with Gasteiger partial charge in [0.05, 0.1) is 6.61 Å². The third-order valence-electron chi connectivity index (χ3n) is 2.81. The summed E-state index contributed by atoms with van der Waals surface area (Å²) in [7, 11) is 0.